The fraction of sp³-hybridized carbons (Fsp3) is 0.333. The molecule has 0 bridgehead atoms. The molecule has 2 aromatic carbocycles. The molecule has 174 valence electrons. The Morgan fingerprint density at radius 3 is 2.45 bits per heavy atom. The summed E-state index contributed by atoms with van der Waals surface area (Å²) < 4.78 is 44.8. The van der Waals surface area contributed by atoms with Crippen molar-refractivity contribution in [2.75, 3.05) is 18.0 Å². The number of benzene rings is 2. The van der Waals surface area contributed by atoms with E-state index in [1.807, 2.05) is 13.8 Å². The van der Waals surface area contributed by atoms with E-state index >= 15 is 4.39 Å². The molecule has 1 unspecified atom stereocenters. The first-order valence-corrected chi connectivity index (χ1v) is 10.4. The highest BCUT2D eigenvalue weighted by molar-refractivity contribution is 5.96. The summed E-state index contributed by atoms with van der Waals surface area (Å²) in [5, 5.41) is 19.6. The number of aliphatic hydroxyl groups excluding tert-OH is 1. The molecule has 0 spiro atoms. The standard InChI is InChI=1S/C24H23F3N2O4/c1-12-20-14(9-17(27)21(12)28-7-6-19(30)24(2,3)11-28)22(31)15(23(32)33)10-29(20)18-5-4-13(25)8-16(18)26/h4-5,8-10,19,30H,6-7,11H2,1-3H3,(H,32,33). The number of piperidine rings is 1. The summed E-state index contributed by atoms with van der Waals surface area (Å²) in [5.74, 6) is -4.06. The van der Waals surface area contributed by atoms with Crippen LogP contribution in [0.2, 0.25) is 0 Å². The molecule has 1 aliphatic heterocycles. The average Bonchev–Trinajstić information content (AvgIpc) is 2.71. The third-order valence-corrected chi connectivity index (χ3v) is 6.34. The summed E-state index contributed by atoms with van der Waals surface area (Å²) in [6.07, 6.45) is 0.811. The van der Waals surface area contributed by atoms with Crippen LogP contribution in [0.1, 0.15) is 36.2 Å². The van der Waals surface area contributed by atoms with Gasteiger partial charge < -0.3 is 19.7 Å². The fourth-order valence-electron chi connectivity index (χ4n) is 4.58. The molecule has 33 heavy (non-hydrogen) atoms. The quantitative estimate of drug-likeness (QED) is 0.617. The minimum atomic E-state index is -1.55. The number of hydrogen-bond donors (Lipinski definition) is 2. The van der Waals surface area contributed by atoms with Gasteiger partial charge in [-0.2, -0.15) is 0 Å². The second-order valence-corrected chi connectivity index (χ2v) is 9.09. The van der Waals surface area contributed by atoms with Gasteiger partial charge in [0.05, 0.1) is 28.4 Å². The molecule has 1 saturated heterocycles. The van der Waals surface area contributed by atoms with Gasteiger partial charge in [0.2, 0.25) is 5.43 Å². The zero-order valence-corrected chi connectivity index (χ0v) is 18.3. The minimum Gasteiger partial charge on any atom is -0.477 e. The largest absolute Gasteiger partial charge is 0.477 e. The number of nitrogens with zero attached hydrogens (tertiary/aromatic N) is 2. The van der Waals surface area contributed by atoms with Gasteiger partial charge in [0.25, 0.3) is 0 Å². The van der Waals surface area contributed by atoms with Crippen molar-refractivity contribution in [2.45, 2.75) is 33.3 Å². The summed E-state index contributed by atoms with van der Waals surface area (Å²) in [4.78, 5) is 26.3. The maximum Gasteiger partial charge on any atom is 0.341 e. The van der Waals surface area contributed by atoms with Crippen molar-refractivity contribution >= 4 is 22.6 Å². The van der Waals surface area contributed by atoms with Crippen molar-refractivity contribution in [1.82, 2.24) is 4.57 Å². The highest BCUT2D eigenvalue weighted by Gasteiger charge is 2.36. The van der Waals surface area contributed by atoms with Crippen LogP contribution in [0.3, 0.4) is 0 Å². The molecule has 1 atom stereocenters. The van der Waals surface area contributed by atoms with Gasteiger partial charge in [0.15, 0.2) is 0 Å². The molecule has 0 radical (unpaired) electrons. The van der Waals surface area contributed by atoms with Crippen molar-refractivity contribution in [3.05, 3.63) is 69.3 Å². The zero-order valence-electron chi connectivity index (χ0n) is 18.3. The predicted molar refractivity (Wildman–Crippen MR) is 118 cm³/mol. The number of carbonyl (C=O) groups is 1. The Hall–Kier alpha value is -3.33. The van der Waals surface area contributed by atoms with E-state index in [4.69, 9.17) is 0 Å². The lowest BCUT2D eigenvalue weighted by atomic mass is 9.81. The van der Waals surface area contributed by atoms with Crippen LogP contribution in [0.25, 0.3) is 16.6 Å². The first-order chi connectivity index (χ1) is 15.4. The van der Waals surface area contributed by atoms with Gasteiger partial charge in [-0.05, 0) is 31.5 Å². The Bertz CT molecular complexity index is 1350. The molecule has 9 heteroatoms. The predicted octanol–water partition coefficient (Wildman–Crippen LogP) is 4.01. The van der Waals surface area contributed by atoms with Gasteiger partial charge in [0.1, 0.15) is 23.0 Å². The second-order valence-electron chi connectivity index (χ2n) is 9.09. The summed E-state index contributed by atoms with van der Waals surface area (Å²) in [7, 11) is 0. The number of carboxylic acid groups (broad SMARTS) is 1. The first-order valence-electron chi connectivity index (χ1n) is 10.4. The number of aliphatic hydroxyl groups is 1. The molecule has 4 rings (SSSR count). The van der Waals surface area contributed by atoms with Gasteiger partial charge >= 0.3 is 5.97 Å². The van der Waals surface area contributed by atoms with E-state index in [-0.39, 0.29) is 22.3 Å². The molecule has 0 aliphatic carbocycles. The van der Waals surface area contributed by atoms with Gasteiger partial charge in [-0.25, -0.2) is 18.0 Å². The van der Waals surface area contributed by atoms with Crippen molar-refractivity contribution in [2.24, 2.45) is 5.41 Å². The van der Waals surface area contributed by atoms with Crippen molar-refractivity contribution in [1.29, 1.82) is 0 Å². The average molecular weight is 460 g/mol. The third kappa shape index (κ3) is 3.76. The van der Waals surface area contributed by atoms with Crippen LogP contribution >= 0.6 is 0 Å². The Morgan fingerprint density at radius 1 is 1.15 bits per heavy atom. The summed E-state index contributed by atoms with van der Waals surface area (Å²) in [6.45, 7) is 5.98. The number of halogens is 3. The SMILES string of the molecule is Cc1c(N2CCC(O)C(C)(C)C2)c(F)cc2c(=O)c(C(=O)O)cn(-c3ccc(F)cc3F)c12. The number of aromatic carboxylic acids is 1. The Morgan fingerprint density at radius 2 is 1.85 bits per heavy atom. The molecule has 3 aromatic rings. The minimum absolute atomic E-state index is 0.121. The summed E-state index contributed by atoms with van der Waals surface area (Å²) in [6, 6.07) is 3.75. The lowest BCUT2D eigenvalue weighted by Crippen LogP contribution is -2.49. The highest BCUT2D eigenvalue weighted by atomic mass is 19.1. The molecular weight excluding hydrogens is 437 g/mol. The van der Waals surface area contributed by atoms with Gasteiger partial charge in [-0.1, -0.05) is 13.8 Å². The van der Waals surface area contributed by atoms with E-state index in [9.17, 15) is 28.6 Å². The number of carboxylic acids is 1. The molecule has 0 amide bonds. The van der Waals surface area contributed by atoms with Crippen LogP contribution in [0.15, 0.2) is 35.3 Å². The van der Waals surface area contributed by atoms with Crippen molar-refractivity contribution in [3.63, 3.8) is 0 Å². The molecule has 0 saturated carbocycles. The van der Waals surface area contributed by atoms with E-state index < -0.39 is 45.9 Å². The van der Waals surface area contributed by atoms with Gasteiger partial charge in [0, 0.05) is 36.3 Å². The summed E-state index contributed by atoms with van der Waals surface area (Å²) >= 11 is 0. The van der Waals surface area contributed by atoms with Crippen LogP contribution in [0.5, 0.6) is 0 Å². The number of hydrogen-bond acceptors (Lipinski definition) is 4. The van der Waals surface area contributed by atoms with E-state index in [0.29, 0.717) is 31.1 Å². The maximum atomic E-state index is 15.4. The Labute approximate surface area is 187 Å². The number of pyridine rings is 1. The third-order valence-electron chi connectivity index (χ3n) is 6.34. The van der Waals surface area contributed by atoms with E-state index in [1.54, 1.807) is 11.8 Å². The number of aromatic nitrogens is 1. The summed E-state index contributed by atoms with van der Waals surface area (Å²) in [5.41, 5.74) is -1.67. The Kier molecular flexibility index (Phi) is 5.48. The topological polar surface area (TPSA) is 82.8 Å². The van der Waals surface area contributed by atoms with Crippen LogP contribution in [-0.4, -0.2) is 39.9 Å². The fourth-order valence-corrected chi connectivity index (χ4v) is 4.58. The van der Waals surface area contributed by atoms with E-state index in [1.165, 1.54) is 0 Å². The van der Waals surface area contributed by atoms with Crippen molar-refractivity contribution in [3.8, 4) is 5.69 Å². The lowest BCUT2D eigenvalue weighted by Gasteiger charge is -2.43. The maximum absolute atomic E-state index is 15.4. The molecule has 1 aliphatic rings. The number of aryl methyl sites for hydroxylation is 1. The number of anilines is 1. The lowest BCUT2D eigenvalue weighted by molar-refractivity contribution is 0.0334. The molecule has 6 nitrogen and oxygen atoms in total. The second kappa shape index (κ2) is 7.91. The van der Waals surface area contributed by atoms with E-state index in [0.717, 1.165) is 29.0 Å². The molecule has 2 N–H and O–H groups in total. The van der Waals surface area contributed by atoms with Gasteiger partial charge in [-0.15, -0.1) is 0 Å². The highest BCUT2D eigenvalue weighted by Crippen LogP contribution is 2.37. The van der Waals surface area contributed by atoms with Gasteiger partial charge in [-0.3, -0.25) is 4.79 Å². The first kappa shape index (κ1) is 22.8. The monoisotopic (exact) mass is 460 g/mol. The normalized spacial score (nSPS) is 18.0. The van der Waals surface area contributed by atoms with Crippen LogP contribution in [-0.2, 0) is 0 Å². The smallest absolute Gasteiger partial charge is 0.341 e. The van der Waals surface area contributed by atoms with E-state index in [2.05, 4.69) is 0 Å². The van der Waals surface area contributed by atoms with Crippen LogP contribution in [0.4, 0.5) is 18.9 Å². The molecule has 2 heterocycles. The molecule has 1 fully saturated rings. The zero-order chi connectivity index (χ0) is 24.2. The molecular formula is C24H23F3N2O4. The Balaban J connectivity index is 2.06. The number of rotatable bonds is 3. The van der Waals surface area contributed by atoms with Crippen LogP contribution < -0.4 is 10.3 Å². The number of fused-ring (bicyclic) bond motifs is 1. The molecule has 1 aromatic heterocycles. The van der Waals surface area contributed by atoms with Crippen LogP contribution in [0, 0.1) is 29.8 Å². The van der Waals surface area contributed by atoms with Crippen molar-refractivity contribution < 1.29 is 28.2 Å².